The quantitative estimate of drug-likeness (QED) is 0.467. The summed E-state index contributed by atoms with van der Waals surface area (Å²) in [7, 11) is 0. The first-order chi connectivity index (χ1) is 13.6. The van der Waals surface area contributed by atoms with E-state index in [1.54, 1.807) is 0 Å². The molecule has 6 fully saturated rings. The van der Waals surface area contributed by atoms with E-state index < -0.39 is 0 Å². The van der Waals surface area contributed by atoms with Gasteiger partial charge in [-0.3, -0.25) is 4.90 Å². The Balaban J connectivity index is 1.23. The van der Waals surface area contributed by atoms with Crippen LogP contribution in [0.4, 0.5) is 0 Å². The molecule has 29 heavy (non-hydrogen) atoms. The number of nitrogens with zero attached hydrogens (tertiary/aromatic N) is 4. The first-order valence-corrected chi connectivity index (χ1v) is 12.1. The van der Waals surface area contributed by atoms with E-state index in [0.29, 0.717) is 6.54 Å². The van der Waals surface area contributed by atoms with Gasteiger partial charge in [-0.2, -0.15) is 0 Å². The molecule has 6 saturated heterocycles. The molecule has 6 heterocycles. The molecule has 0 amide bonds. The van der Waals surface area contributed by atoms with Gasteiger partial charge in [-0.05, 0) is 12.3 Å². The minimum absolute atomic E-state index is 0.00867. The molecular weight excluding hydrogens is 364 g/mol. The van der Waals surface area contributed by atoms with E-state index >= 15 is 0 Å². The number of esters is 1. The Morgan fingerprint density at radius 3 is 1.76 bits per heavy atom. The fraction of sp³-hybridized carbons (Fsp3) is 0.957. The normalized spacial score (nSPS) is 40.1. The summed E-state index contributed by atoms with van der Waals surface area (Å²) in [5.41, 5.74) is 0.0124. The van der Waals surface area contributed by atoms with Crippen LogP contribution >= 0.6 is 0 Å². The average Bonchev–Trinajstić information content (AvgIpc) is 2.70. The van der Waals surface area contributed by atoms with Gasteiger partial charge in [0.25, 0.3) is 0 Å². The number of ether oxygens (including phenoxy) is 1. The predicted octanol–water partition coefficient (Wildman–Crippen LogP) is 1.16. The topological polar surface area (TPSA) is 29.5 Å². The fourth-order valence-corrected chi connectivity index (χ4v) is 6.01. The molecule has 6 rings (SSSR count). The van der Waals surface area contributed by atoms with Crippen molar-refractivity contribution in [3.63, 3.8) is 0 Å². The minimum atomic E-state index is -0.0261. The summed E-state index contributed by atoms with van der Waals surface area (Å²) in [6.45, 7) is 27.2. The van der Waals surface area contributed by atoms with Gasteiger partial charge in [0.15, 0.2) is 6.54 Å². The number of rotatable bonds is 7. The van der Waals surface area contributed by atoms with Gasteiger partial charge in [-0.25, -0.2) is 4.79 Å². The SMILES string of the molecule is C[C@@H](OC(=O)C[N+]12CC[N+](CCC[N+]34CCN(CC3)CC4)(CC1)CC2)C(C)(C)C. The smallest absolute Gasteiger partial charge is 0.362 e. The maximum absolute atomic E-state index is 12.6. The van der Waals surface area contributed by atoms with E-state index in [1.807, 2.05) is 6.92 Å². The van der Waals surface area contributed by atoms with Crippen LogP contribution in [0, 0.1) is 5.41 Å². The van der Waals surface area contributed by atoms with Crippen LogP contribution in [-0.4, -0.2) is 129 Å². The zero-order valence-electron chi connectivity index (χ0n) is 19.5. The molecule has 1 atom stereocenters. The second kappa shape index (κ2) is 7.77. The number of fused-ring (bicyclic) bond motifs is 6. The third kappa shape index (κ3) is 4.65. The average molecular weight is 410 g/mol. The highest BCUT2D eigenvalue weighted by atomic mass is 16.5. The highest BCUT2D eigenvalue weighted by Crippen LogP contribution is 2.29. The number of hydrogen-bond donors (Lipinski definition) is 0. The van der Waals surface area contributed by atoms with Gasteiger partial charge in [0.1, 0.15) is 45.4 Å². The lowest BCUT2D eigenvalue weighted by molar-refractivity contribution is -1.08. The van der Waals surface area contributed by atoms with Gasteiger partial charge in [0.2, 0.25) is 0 Å². The molecule has 0 aliphatic carbocycles. The summed E-state index contributed by atoms with van der Waals surface area (Å²) in [5, 5.41) is 0. The Bertz CT molecular complexity index is 568. The largest absolute Gasteiger partial charge is 0.458 e. The van der Waals surface area contributed by atoms with Crippen LogP contribution in [0.5, 0.6) is 0 Å². The highest BCUT2D eigenvalue weighted by molar-refractivity contribution is 5.70. The van der Waals surface area contributed by atoms with E-state index in [1.165, 1.54) is 87.4 Å². The molecule has 166 valence electrons. The van der Waals surface area contributed by atoms with E-state index in [4.69, 9.17) is 4.74 Å². The second-order valence-electron chi connectivity index (χ2n) is 11.8. The summed E-state index contributed by atoms with van der Waals surface area (Å²) >= 11 is 0. The molecular formula is C23H45N4O2+3. The second-order valence-corrected chi connectivity index (χ2v) is 11.8. The van der Waals surface area contributed by atoms with Gasteiger partial charge < -0.3 is 18.2 Å². The standard InChI is InChI=1S/C23H45N4O2/c1-21(23(2,3)4)29-22(28)20-27-17-14-26(15-18-27,16-19-27)10-5-9-25-11-6-24(7-12-25)8-13-25/h21H,5-20H2,1-4H3/q+3/t21-,26?,27?/m1/s1. The van der Waals surface area contributed by atoms with Gasteiger partial charge in [0, 0.05) is 26.1 Å². The summed E-state index contributed by atoms with van der Waals surface area (Å²) in [6.07, 6.45) is 1.35. The number of carbonyl (C=O) groups is 1. The van der Waals surface area contributed by atoms with Gasteiger partial charge >= 0.3 is 5.97 Å². The maximum atomic E-state index is 12.6. The Hall–Kier alpha value is -0.690. The molecule has 0 radical (unpaired) electrons. The van der Waals surface area contributed by atoms with Crippen molar-refractivity contribution in [1.82, 2.24) is 4.90 Å². The lowest BCUT2D eigenvalue weighted by Crippen LogP contribution is -2.76. The van der Waals surface area contributed by atoms with Crippen molar-refractivity contribution >= 4 is 5.97 Å². The van der Waals surface area contributed by atoms with Crippen LogP contribution in [-0.2, 0) is 9.53 Å². The molecule has 0 N–H and O–H groups in total. The van der Waals surface area contributed by atoms with Crippen LogP contribution in [0.3, 0.4) is 0 Å². The van der Waals surface area contributed by atoms with Gasteiger partial charge in [-0.1, -0.05) is 20.8 Å². The molecule has 6 heteroatoms. The lowest BCUT2D eigenvalue weighted by atomic mass is 9.90. The Morgan fingerprint density at radius 1 is 0.828 bits per heavy atom. The van der Waals surface area contributed by atoms with Crippen molar-refractivity contribution < 1.29 is 23.0 Å². The molecule has 0 spiro atoms. The zero-order chi connectivity index (χ0) is 20.8. The molecule has 6 aliphatic rings. The van der Waals surface area contributed by atoms with E-state index in [2.05, 4.69) is 25.7 Å². The first-order valence-electron chi connectivity index (χ1n) is 12.1. The predicted molar refractivity (Wildman–Crippen MR) is 115 cm³/mol. The fourth-order valence-electron chi connectivity index (χ4n) is 6.01. The molecule has 0 aromatic heterocycles. The minimum Gasteiger partial charge on any atom is -0.458 e. The third-order valence-electron chi connectivity index (χ3n) is 9.07. The molecule has 0 aromatic rings. The first kappa shape index (κ1) is 21.5. The Labute approximate surface area is 178 Å². The molecule has 6 aliphatic heterocycles. The van der Waals surface area contributed by atoms with Crippen molar-refractivity contribution in [3.8, 4) is 0 Å². The number of hydrogen-bond acceptors (Lipinski definition) is 3. The van der Waals surface area contributed by atoms with Crippen LogP contribution < -0.4 is 0 Å². The molecule has 0 aromatic carbocycles. The number of piperazine rings is 6. The number of quaternary nitrogens is 3. The third-order valence-corrected chi connectivity index (χ3v) is 9.07. The Kier molecular flexibility index (Phi) is 5.77. The summed E-state index contributed by atoms with van der Waals surface area (Å²) in [5.74, 6) is 0.00867. The van der Waals surface area contributed by atoms with E-state index in [-0.39, 0.29) is 17.5 Å². The number of carbonyl (C=O) groups excluding carboxylic acids is 1. The Morgan fingerprint density at radius 2 is 1.28 bits per heavy atom. The lowest BCUT2D eigenvalue weighted by Gasteiger charge is -2.55. The highest BCUT2D eigenvalue weighted by Gasteiger charge is 2.50. The molecule has 6 nitrogen and oxygen atoms in total. The van der Waals surface area contributed by atoms with Crippen LogP contribution in [0.1, 0.15) is 34.1 Å². The van der Waals surface area contributed by atoms with E-state index in [0.717, 1.165) is 24.1 Å². The van der Waals surface area contributed by atoms with Crippen molar-refractivity contribution in [2.24, 2.45) is 5.41 Å². The monoisotopic (exact) mass is 409 g/mol. The van der Waals surface area contributed by atoms with E-state index in [9.17, 15) is 4.79 Å². The van der Waals surface area contributed by atoms with Crippen LogP contribution in [0.15, 0.2) is 0 Å². The van der Waals surface area contributed by atoms with Crippen LogP contribution in [0.2, 0.25) is 0 Å². The van der Waals surface area contributed by atoms with Crippen molar-refractivity contribution in [2.75, 3.05) is 98.2 Å². The summed E-state index contributed by atoms with van der Waals surface area (Å²) < 4.78 is 9.47. The van der Waals surface area contributed by atoms with Crippen molar-refractivity contribution in [2.45, 2.75) is 40.2 Å². The van der Waals surface area contributed by atoms with Gasteiger partial charge in [0.05, 0.1) is 32.7 Å². The zero-order valence-corrected chi connectivity index (χ0v) is 19.5. The molecule has 0 saturated carbocycles. The van der Waals surface area contributed by atoms with Crippen LogP contribution in [0.25, 0.3) is 0 Å². The van der Waals surface area contributed by atoms with Gasteiger partial charge in [-0.15, -0.1) is 0 Å². The molecule has 0 unspecified atom stereocenters. The van der Waals surface area contributed by atoms with Crippen molar-refractivity contribution in [1.29, 1.82) is 0 Å². The molecule has 4 bridgehead atoms. The summed E-state index contributed by atoms with van der Waals surface area (Å²) in [4.78, 5) is 15.2. The summed E-state index contributed by atoms with van der Waals surface area (Å²) in [6, 6.07) is 0. The van der Waals surface area contributed by atoms with Crippen molar-refractivity contribution in [3.05, 3.63) is 0 Å². The maximum Gasteiger partial charge on any atom is 0.362 e.